The fourth-order valence-electron chi connectivity index (χ4n) is 1.42. The molecular weight excluding hydrogens is 408 g/mol. The van der Waals surface area contributed by atoms with Crippen molar-refractivity contribution in [2.45, 2.75) is 9.79 Å². The van der Waals surface area contributed by atoms with Crippen molar-refractivity contribution in [3.05, 3.63) is 36.4 Å². The Morgan fingerprint density at radius 3 is 1.08 bits per heavy atom. The molecule has 0 aromatic heterocycles. The van der Waals surface area contributed by atoms with Gasteiger partial charge in [-0.25, -0.2) is 0 Å². The minimum atomic E-state index is -4.47. The van der Waals surface area contributed by atoms with Crippen LogP contribution in [0.15, 0.2) is 46.2 Å². The molecule has 13 heteroatoms. The summed E-state index contributed by atoms with van der Waals surface area (Å²) in [5.74, 6) is -1.90. The molecule has 0 amide bonds. The Morgan fingerprint density at radius 2 is 0.880 bits per heavy atom. The Balaban J connectivity index is 0.000000443. The summed E-state index contributed by atoms with van der Waals surface area (Å²) in [6.07, 6.45) is 0. The largest absolute Gasteiger partial charge is 2.00 e. The molecule has 0 aliphatic heterocycles. The Morgan fingerprint density at radius 1 is 0.600 bits per heavy atom. The quantitative estimate of drug-likeness (QED) is 0.224. The molecule has 0 radical (unpaired) electrons. The normalized spacial score (nSPS) is 11.0. The molecule has 10 nitrogen and oxygen atoms in total. The van der Waals surface area contributed by atoms with Crippen molar-refractivity contribution in [1.29, 1.82) is 0 Å². The van der Waals surface area contributed by atoms with Crippen LogP contribution in [0.1, 0.15) is 0 Å². The molecule has 0 atom stereocenters. The van der Waals surface area contributed by atoms with E-state index in [1.54, 1.807) is 0 Å². The van der Waals surface area contributed by atoms with Crippen LogP contribution in [0.5, 0.6) is 23.0 Å². The van der Waals surface area contributed by atoms with Gasteiger partial charge in [0.15, 0.2) is 0 Å². The summed E-state index contributed by atoms with van der Waals surface area (Å²) in [5.41, 5.74) is 0. The zero-order valence-electron chi connectivity index (χ0n) is 12.3. The van der Waals surface area contributed by atoms with Gasteiger partial charge in [-0.3, -0.25) is 9.11 Å². The Bertz CT molecular complexity index is 874. The van der Waals surface area contributed by atoms with Gasteiger partial charge in [-0.1, -0.05) is 0 Å². The minimum absolute atomic E-state index is 0. The minimum Gasteiger partial charge on any atom is -0.508 e. The summed E-state index contributed by atoms with van der Waals surface area (Å²) in [6, 6.07) is 5.65. The van der Waals surface area contributed by atoms with E-state index < -0.39 is 41.5 Å². The van der Waals surface area contributed by atoms with Crippen molar-refractivity contribution in [3.8, 4) is 23.0 Å². The predicted octanol–water partition coefficient (Wildman–Crippen LogP) is 0.308. The van der Waals surface area contributed by atoms with Gasteiger partial charge in [0.25, 0.3) is 20.2 Å². The fraction of sp³-hybridized carbons (Fsp3) is 0. The number of hydrogen-bond acceptors (Lipinski definition) is 8. The number of phenols is 4. The van der Waals surface area contributed by atoms with Crippen LogP contribution in [0.4, 0.5) is 0 Å². The average Bonchev–Trinajstić information content (AvgIpc) is 2.42. The molecule has 6 N–H and O–H groups in total. The van der Waals surface area contributed by atoms with Crippen LogP contribution in [0.2, 0.25) is 0 Å². The first-order valence-corrected chi connectivity index (χ1v) is 8.69. The first-order chi connectivity index (χ1) is 10.8. The van der Waals surface area contributed by atoms with E-state index in [0.717, 1.165) is 36.4 Å². The van der Waals surface area contributed by atoms with Crippen molar-refractivity contribution in [1.82, 2.24) is 0 Å². The number of benzene rings is 2. The number of phenolic OH excluding ortho intramolecular Hbond substituents is 4. The van der Waals surface area contributed by atoms with Gasteiger partial charge in [-0.15, -0.1) is 0 Å². The first-order valence-electron chi connectivity index (χ1n) is 5.81. The molecule has 0 aliphatic carbocycles. The maximum absolute atomic E-state index is 10.5. The van der Waals surface area contributed by atoms with E-state index in [2.05, 4.69) is 0 Å². The average molecular weight is 420 g/mol. The molecule has 0 saturated carbocycles. The second kappa shape index (κ2) is 8.89. The SMILES string of the molecule is O=S(=O)(O)c1cc(O)ccc1O.O=S(=O)(O)c1cc(O)ccc1O.[Ca+2]. The van der Waals surface area contributed by atoms with E-state index in [4.69, 9.17) is 29.5 Å². The second-order valence-electron chi connectivity index (χ2n) is 4.25. The van der Waals surface area contributed by atoms with Gasteiger partial charge in [0.05, 0.1) is 0 Å². The molecule has 0 spiro atoms. The summed E-state index contributed by atoms with van der Waals surface area (Å²) in [4.78, 5) is -1.41. The van der Waals surface area contributed by atoms with Crippen LogP contribution in [0, 0.1) is 0 Å². The van der Waals surface area contributed by atoms with Crippen LogP contribution >= 0.6 is 0 Å². The standard InChI is InChI=1S/2C6H6O5S.Ca/c2*7-4-1-2-5(8)6(3-4)12(9,10)11;/h2*1-3,7-8H,(H,9,10,11);/q;;+2. The molecule has 0 fully saturated rings. The summed E-state index contributed by atoms with van der Waals surface area (Å²) in [7, 11) is -8.93. The van der Waals surface area contributed by atoms with Crippen LogP contribution in [0.3, 0.4) is 0 Å². The molecule has 25 heavy (non-hydrogen) atoms. The smallest absolute Gasteiger partial charge is 0.508 e. The van der Waals surface area contributed by atoms with E-state index >= 15 is 0 Å². The first kappa shape index (κ1) is 23.7. The van der Waals surface area contributed by atoms with E-state index in [1.165, 1.54) is 0 Å². The zero-order chi connectivity index (χ0) is 18.7. The van der Waals surface area contributed by atoms with Gasteiger partial charge in [0.2, 0.25) is 0 Å². The summed E-state index contributed by atoms with van der Waals surface area (Å²) >= 11 is 0. The monoisotopic (exact) mass is 420 g/mol. The topological polar surface area (TPSA) is 190 Å². The number of hydrogen-bond donors (Lipinski definition) is 6. The zero-order valence-corrected chi connectivity index (χ0v) is 16.1. The maximum Gasteiger partial charge on any atom is 2.00 e. The maximum atomic E-state index is 10.5. The third-order valence-corrected chi connectivity index (χ3v) is 4.21. The van der Waals surface area contributed by atoms with Gasteiger partial charge >= 0.3 is 37.7 Å². The van der Waals surface area contributed by atoms with Crippen LogP contribution < -0.4 is 0 Å². The van der Waals surface area contributed by atoms with Crippen LogP contribution in [0.25, 0.3) is 0 Å². The molecule has 0 aliphatic rings. The van der Waals surface area contributed by atoms with Crippen molar-refractivity contribution >= 4 is 58.0 Å². The second-order valence-corrected chi connectivity index (χ2v) is 7.03. The molecule has 0 bridgehead atoms. The molecule has 132 valence electrons. The van der Waals surface area contributed by atoms with Crippen molar-refractivity contribution in [2.24, 2.45) is 0 Å². The molecule has 2 aromatic rings. The Hall–Kier alpha value is -1.28. The van der Waals surface area contributed by atoms with Crippen LogP contribution in [-0.4, -0.2) is 84.1 Å². The van der Waals surface area contributed by atoms with E-state index in [9.17, 15) is 16.8 Å². The molecular formula is C12H12CaO10S2+2. The van der Waals surface area contributed by atoms with Crippen LogP contribution in [-0.2, 0) is 20.2 Å². The van der Waals surface area contributed by atoms with E-state index in [-0.39, 0.29) is 49.2 Å². The number of aromatic hydroxyl groups is 4. The molecule has 2 rings (SSSR count). The van der Waals surface area contributed by atoms with Gasteiger partial charge in [-0.2, -0.15) is 16.8 Å². The van der Waals surface area contributed by atoms with Gasteiger partial charge < -0.3 is 20.4 Å². The summed E-state index contributed by atoms with van der Waals surface area (Å²) < 4.78 is 59.0. The van der Waals surface area contributed by atoms with Crippen molar-refractivity contribution < 1.29 is 46.4 Å². The molecule has 2 aromatic carbocycles. The molecule has 0 unspecified atom stereocenters. The van der Waals surface area contributed by atoms with E-state index in [1.807, 2.05) is 0 Å². The predicted molar refractivity (Wildman–Crippen MR) is 84.9 cm³/mol. The van der Waals surface area contributed by atoms with E-state index in [0.29, 0.717) is 0 Å². The number of rotatable bonds is 2. The summed E-state index contributed by atoms with van der Waals surface area (Å²) in [6.45, 7) is 0. The van der Waals surface area contributed by atoms with Crippen molar-refractivity contribution in [2.75, 3.05) is 0 Å². The molecule has 0 saturated heterocycles. The van der Waals surface area contributed by atoms with Crippen molar-refractivity contribution in [3.63, 3.8) is 0 Å². The Kier molecular flexibility index (Phi) is 8.44. The third-order valence-electron chi connectivity index (χ3n) is 2.44. The summed E-state index contributed by atoms with van der Waals surface area (Å²) in [5, 5.41) is 35.5. The third kappa shape index (κ3) is 7.23. The molecule has 0 heterocycles. The Labute approximate surface area is 172 Å². The van der Waals surface area contributed by atoms with Gasteiger partial charge in [-0.05, 0) is 24.3 Å². The van der Waals surface area contributed by atoms with Gasteiger partial charge in [0.1, 0.15) is 32.8 Å². The fourth-order valence-corrected chi connectivity index (χ4v) is 2.62. The van der Waals surface area contributed by atoms with Gasteiger partial charge in [0, 0.05) is 12.1 Å².